The Balaban J connectivity index is 1.84. The van der Waals surface area contributed by atoms with Crippen molar-refractivity contribution in [1.29, 1.82) is 0 Å². The Bertz CT molecular complexity index is 1020. The number of halogens is 1. The SMILES string of the molecule is Cc1cc(NC(=O)C=O)cc(C)c1Oc1cccc(C(O)c2ccc(F)cc2)c1. The van der Waals surface area contributed by atoms with Crippen LogP contribution in [0.25, 0.3) is 0 Å². The van der Waals surface area contributed by atoms with Gasteiger partial charge in [-0.25, -0.2) is 4.39 Å². The lowest BCUT2D eigenvalue weighted by Gasteiger charge is -2.16. The van der Waals surface area contributed by atoms with E-state index in [2.05, 4.69) is 5.32 Å². The highest BCUT2D eigenvalue weighted by atomic mass is 19.1. The molecule has 148 valence electrons. The predicted molar refractivity (Wildman–Crippen MR) is 108 cm³/mol. The van der Waals surface area contributed by atoms with E-state index >= 15 is 0 Å². The standard InChI is InChI=1S/C23H20FNO4/c1-14-10-19(25-21(27)13-26)11-15(2)23(14)29-20-5-3-4-17(12-20)22(28)16-6-8-18(24)9-7-16/h3-13,22,28H,1-2H3,(H,25,27). The normalized spacial score (nSPS) is 11.6. The molecule has 0 saturated carbocycles. The zero-order chi connectivity index (χ0) is 21.0. The zero-order valence-electron chi connectivity index (χ0n) is 16.0. The van der Waals surface area contributed by atoms with Gasteiger partial charge in [0.2, 0.25) is 6.29 Å². The summed E-state index contributed by atoms with van der Waals surface area (Å²) >= 11 is 0. The Hall–Kier alpha value is -3.51. The van der Waals surface area contributed by atoms with E-state index in [9.17, 15) is 19.1 Å². The molecule has 3 aromatic carbocycles. The highest BCUT2D eigenvalue weighted by Gasteiger charge is 2.13. The molecule has 0 heterocycles. The van der Waals surface area contributed by atoms with Gasteiger partial charge in [-0.1, -0.05) is 24.3 Å². The molecule has 0 aromatic heterocycles. The van der Waals surface area contributed by atoms with Crippen LogP contribution in [0, 0.1) is 19.7 Å². The van der Waals surface area contributed by atoms with Crippen LogP contribution in [0.2, 0.25) is 0 Å². The number of anilines is 1. The molecule has 6 heteroatoms. The highest BCUT2D eigenvalue weighted by molar-refractivity contribution is 6.29. The molecule has 0 aliphatic carbocycles. The second kappa shape index (κ2) is 8.67. The third kappa shape index (κ3) is 4.86. The summed E-state index contributed by atoms with van der Waals surface area (Å²) in [4.78, 5) is 21.8. The molecule has 2 N–H and O–H groups in total. The predicted octanol–water partition coefficient (Wildman–Crippen LogP) is 4.45. The lowest BCUT2D eigenvalue weighted by molar-refractivity contribution is -0.127. The number of carbonyl (C=O) groups excluding carboxylic acids is 2. The molecule has 3 rings (SSSR count). The van der Waals surface area contributed by atoms with E-state index in [1.54, 1.807) is 36.4 Å². The molecule has 0 saturated heterocycles. The van der Waals surface area contributed by atoms with Crippen molar-refractivity contribution >= 4 is 17.9 Å². The molecular weight excluding hydrogens is 373 g/mol. The molecular formula is C23H20FNO4. The van der Waals surface area contributed by atoms with Crippen LogP contribution >= 0.6 is 0 Å². The maximum absolute atomic E-state index is 13.1. The maximum Gasteiger partial charge on any atom is 0.288 e. The summed E-state index contributed by atoms with van der Waals surface area (Å²) in [7, 11) is 0. The fraction of sp³-hybridized carbons (Fsp3) is 0.130. The molecule has 1 atom stereocenters. The molecule has 0 bridgehead atoms. The van der Waals surface area contributed by atoms with Crippen molar-refractivity contribution < 1.29 is 23.8 Å². The van der Waals surface area contributed by atoms with E-state index < -0.39 is 12.0 Å². The number of hydrogen-bond acceptors (Lipinski definition) is 4. The van der Waals surface area contributed by atoms with Crippen LogP contribution in [0.4, 0.5) is 10.1 Å². The van der Waals surface area contributed by atoms with Crippen molar-refractivity contribution in [3.63, 3.8) is 0 Å². The van der Waals surface area contributed by atoms with Gasteiger partial charge >= 0.3 is 0 Å². The van der Waals surface area contributed by atoms with E-state index in [1.165, 1.54) is 24.3 Å². The molecule has 0 radical (unpaired) electrons. The third-order valence-electron chi connectivity index (χ3n) is 4.41. The number of benzene rings is 3. The fourth-order valence-corrected chi connectivity index (χ4v) is 3.06. The Morgan fingerprint density at radius 1 is 1.03 bits per heavy atom. The number of amides is 1. The van der Waals surface area contributed by atoms with Crippen molar-refractivity contribution in [1.82, 2.24) is 0 Å². The number of rotatable bonds is 6. The van der Waals surface area contributed by atoms with Crippen molar-refractivity contribution in [2.24, 2.45) is 0 Å². The van der Waals surface area contributed by atoms with Gasteiger partial charge in [0.1, 0.15) is 23.4 Å². The number of aliphatic hydroxyl groups is 1. The Morgan fingerprint density at radius 2 is 1.69 bits per heavy atom. The number of aliphatic hydroxyl groups excluding tert-OH is 1. The first-order valence-corrected chi connectivity index (χ1v) is 8.96. The Morgan fingerprint density at radius 3 is 2.31 bits per heavy atom. The van der Waals surface area contributed by atoms with Crippen LogP contribution in [0.1, 0.15) is 28.4 Å². The molecule has 3 aromatic rings. The summed E-state index contributed by atoms with van der Waals surface area (Å²) in [5.41, 5.74) is 3.24. The first-order chi connectivity index (χ1) is 13.9. The van der Waals surface area contributed by atoms with Crippen molar-refractivity contribution in [2.45, 2.75) is 20.0 Å². The van der Waals surface area contributed by atoms with E-state index in [0.29, 0.717) is 28.3 Å². The average molecular weight is 393 g/mol. The monoisotopic (exact) mass is 393 g/mol. The van der Waals surface area contributed by atoms with Gasteiger partial charge in [-0.05, 0) is 72.5 Å². The van der Waals surface area contributed by atoms with E-state index in [1.807, 2.05) is 13.8 Å². The lowest BCUT2D eigenvalue weighted by Crippen LogP contribution is -2.12. The molecule has 0 aliphatic heterocycles. The first kappa shape index (κ1) is 20.2. The van der Waals surface area contributed by atoms with Gasteiger partial charge in [-0.3, -0.25) is 9.59 Å². The summed E-state index contributed by atoms with van der Waals surface area (Å²) in [6, 6.07) is 16.1. The summed E-state index contributed by atoms with van der Waals surface area (Å²) in [6.07, 6.45) is -0.699. The lowest BCUT2D eigenvalue weighted by atomic mass is 10.0. The van der Waals surface area contributed by atoms with Crippen LogP contribution < -0.4 is 10.1 Å². The van der Waals surface area contributed by atoms with Gasteiger partial charge in [0.25, 0.3) is 5.91 Å². The number of aryl methyl sites for hydroxylation is 2. The average Bonchev–Trinajstić information content (AvgIpc) is 2.71. The number of hydrogen-bond donors (Lipinski definition) is 2. The van der Waals surface area contributed by atoms with Crippen LogP contribution in [-0.4, -0.2) is 17.3 Å². The zero-order valence-corrected chi connectivity index (χ0v) is 16.0. The van der Waals surface area contributed by atoms with Crippen LogP contribution in [0.15, 0.2) is 60.7 Å². The molecule has 1 unspecified atom stereocenters. The van der Waals surface area contributed by atoms with E-state index in [0.717, 1.165) is 11.1 Å². The summed E-state index contributed by atoms with van der Waals surface area (Å²) < 4.78 is 19.1. The minimum atomic E-state index is -0.915. The first-order valence-electron chi connectivity index (χ1n) is 8.96. The van der Waals surface area contributed by atoms with Crippen molar-refractivity contribution in [3.05, 3.63) is 88.7 Å². The number of ether oxygens (including phenoxy) is 1. The number of nitrogens with one attached hydrogen (secondary N) is 1. The smallest absolute Gasteiger partial charge is 0.288 e. The molecule has 29 heavy (non-hydrogen) atoms. The molecule has 0 aliphatic rings. The third-order valence-corrected chi connectivity index (χ3v) is 4.41. The van der Waals surface area contributed by atoms with E-state index in [-0.39, 0.29) is 12.1 Å². The number of aldehydes is 1. The van der Waals surface area contributed by atoms with Crippen molar-refractivity contribution in [2.75, 3.05) is 5.32 Å². The summed E-state index contributed by atoms with van der Waals surface area (Å²) in [5.74, 6) is 0.0544. The second-order valence-corrected chi connectivity index (χ2v) is 6.67. The summed E-state index contributed by atoms with van der Waals surface area (Å²) in [5, 5.41) is 13.1. The van der Waals surface area contributed by atoms with Gasteiger partial charge in [0.05, 0.1) is 0 Å². The van der Waals surface area contributed by atoms with Crippen LogP contribution in [0.3, 0.4) is 0 Å². The minimum Gasteiger partial charge on any atom is -0.457 e. The van der Waals surface area contributed by atoms with Gasteiger partial charge in [0, 0.05) is 5.69 Å². The van der Waals surface area contributed by atoms with Gasteiger partial charge < -0.3 is 15.2 Å². The van der Waals surface area contributed by atoms with Crippen LogP contribution in [0.5, 0.6) is 11.5 Å². The molecule has 1 amide bonds. The molecule has 0 spiro atoms. The summed E-state index contributed by atoms with van der Waals surface area (Å²) in [6.45, 7) is 3.66. The van der Waals surface area contributed by atoms with Gasteiger partial charge in [-0.2, -0.15) is 0 Å². The van der Waals surface area contributed by atoms with Crippen LogP contribution in [-0.2, 0) is 9.59 Å². The van der Waals surface area contributed by atoms with Gasteiger partial charge in [-0.15, -0.1) is 0 Å². The van der Waals surface area contributed by atoms with Crippen molar-refractivity contribution in [3.8, 4) is 11.5 Å². The second-order valence-electron chi connectivity index (χ2n) is 6.67. The largest absolute Gasteiger partial charge is 0.457 e. The molecule has 0 fully saturated rings. The topological polar surface area (TPSA) is 75.6 Å². The Kier molecular flexibility index (Phi) is 6.04. The maximum atomic E-state index is 13.1. The minimum absolute atomic E-state index is 0.215. The van der Waals surface area contributed by atoms with E-state index in [4.69, 9.17) is 4.74 Å². The number of carbonyl (C=O) groups is 2. The highest BCUT2D eigenvalue weighted by Crippen LogP contribution is 2.33. The quantitative estimate of drug-likeness (QED) is 0.479. The molecule has 5 nitrogen and oxygen atoms in total. The Labute approximate surface area is 167 Å². The fourth-order valence-electron chi connectivity index (χ4n) is 3.06. The van der Waals surface area contributed by atoms with Gasteiger partial charge in [0.15, 0.2) is 0 Å².